The number of fused-ring (bicyclic) bond motifs is 1. The number of hydrogen-bond donors (Lipinski definition) is 2. The molecule has 0 atom stereocenters. The predicted molar refractivity (Wildman–Crippen MR) is 70.3 cm³/mol. The van der Waals surface area contributed by atoms with Crippen molar-refractivity contribution in [3.05, 3.63) is 54.3 Å². The molecule has 0 spiro atoms. The number of phenolic OH excluding ortho intramolecular Hbond substituents is 2. The summed E-state index contributed by atoms with van der Waals surface area (Å²) in [5, 5.41) is 19.9. The van der Waals surface area contributed by atoms with Gasteiger partial charge >= 0.3 is 0 Å². The minimum absolute atomic E-state index is 0.0955. The van der Waals surface area contributed by atoms with Crippen LogP contribution in [-0.2, 0) is 6.61 Å². The molecule has 0 radical (unpaired) electrons. The highest BCUT2D eigenvalue weighted by Gasteiger charge is 2.08. The van der Waals surface area contributed by atoms with Gasteiger partial charge in [-0.3, -0.25) is 0 Å². The molecule has 2 aromatic carbocycles. The number of aromatic hydroxyl groups is 2. The smallest absolute Gasteiger partial charge is 0.161 e. The van der Waals surface area contributed by atoms with Crippen LogP contribution in [-0.4, -0.2) is 10.2 Å². The summed E-state index contributed by atoms with van der Waals surface area (Å²) in [5.74, 6) is 0.688. The van der Waals surface area contributed by atoms with Gasteiger partial charge in [0.25, 0.3) is 0 Å². The van der Waals surface area contributed by atoms with Gasteiger partial charge in [-0.1, -0.05) is 12.1 Å². The predicted octanol–water partition coefficient (Wildman–Crippen LogP) is 3.42. The maximum Gasteiger partial charge on any atom is 0.161 e. The molecule has 96 valence electrons. The molecule has 4 nitrogen and oxygen atoms in total. The van der Waals surface area contributed by atoms with Crippen molar-refractivity contribution in [3.8, 4) is 17.2 Å². The molecule has 4 heteroatoms. The first-order chi connectivity index (χ1) is 9.24. The molecular formula is C15H12O4. The average Bonchev–Trinajstić information content (AvgIpc) is 2.80. The van der Waals surface area contributed by atoms with Crippen molar-refractivity contribution in [2.45, 2.75) is 6.61 Å². The molecule has 3 rings (SSSR count). The molecule has 1 heterocycles. The number of phenols is 2. The van der Waals surface area contributed by atoms with Crippen LogP contribution >= 0.6 is 0 Å². The lowest BCUT2D eigenvalue weighted by atomic mass is 10.2. The molecule has 0 saturated carbocycles. The largest absolute Gasteiger partial charge is 0.508 e. The van der Waals surface area contributed by atoms with Crippen LogP contribution in [0.3, 0.4) is 0 Å². The fourth-order valence-corrected chi connectivity index (χ4v) is 1.92. The number of benzene rings is 2. The van der Waals surface area contributed by atoms with Crippen LogP contribution in [0.5, 0.6) is 17.2 Å². The van der Waals surface area contributed by atoms with Crippen LogP contribution in [0.25, 0.3) is 11.0 Å². The highest BCUT2D eigenvalue weighted by molar-refractivity contribution is 5.82. The zero-order valence-corrected chi connectivity index (χ0v) is 10.0. The van der Waals surface area contributed by atoms with E-state index in [1.807, 2.05) is 0 Å². The van der Waals surface area contributed by atoms with Gasteiger partial charge in [-0.05, 0) is 30.3 Å². The zero-order valence-electron chi connectivity index (χ0n) is 10.0. The second-order valence-corrected chi connectivity index (χ2v) is 4.20. The normalized spacial score (nSPS) is 10.7. The van der Waals surface area contributed by atoms with Crippen molar-refractivity contribution in [1.29, 1.82) is 0 Å². The standard InChI is InChI=1S/C15H12O4/c16-11-5-6-14-12(7-11)10(8-18-14)9-19-15-4-2-1-3-13(15)17/h1-8,16-17H,9H2. The lowest BCUT2D eigenvalue weighted by molar-refractivity contribution is 0.289. The van der Waals surface area contributed by atoms with E-state index in [1.165, 1.54) is 0 Å². The number of rotatable bonds is 3. The van der Waals surface area contributed by atoms with Crippen molar-refractivity contribution in [2.24, 2.45) is 0 Å². The second kappa shape index (κ2) is 4.57. The van der Waals surface area contributed by atoms with Crippen LogP contribution in [0.2, 0.25) is 0 Å². The fourth-order valence-electron chi connectivity index (χ4n) is 1.92. The van der Waals surface area contributed by atoms with Gasteiger partial charge in [0.2, 0.25) is 0 Å². The molecule has 1 aromatic heterocycles. The maximum atomic E-state index is 9.61. The van der Waals surface area contributed by atoms with Gasteiger partial charge in [-0.15, -0.1) is 0 Å². The highest BCUT2D eigenvalue weighted by atomic mass is 16.5. The summed E-state index contributed by atoms with van der Waals surface area (Å²) in [6.45, 7) is 0.258. The molecule has 3 aromatic rings. The Balaban J connectivity index is 1.86. The monoisotopic (exact) mass is 256 g/mol. The number of para-hydroxylation sites is 2. The summed E-state index contributed by atoms with van der Waals surface area (Å²) in [7, 11) is 0. The first-order valence-corrected chi connectivity index (χ1v) is 5.84. The van der Waals surface area contributed by atoms with Crippen molar-refractivity contribution in [3.63, 3.8) is 0 Å². The summed E-state index contributed by atoms with van der Waals surface area (Å²) in [4.78, 5) is 0. The quantitative estimate of drug-likeness (QED) is 0.753. The summed E-state index contributed by atoms with van der Waals surface area (Å²) in [6.07, 6.45) is 1.59. The first-order valence-electron chi connectivity index (χ1n) is 5.84. The van der Waals surface area contributed by atoms with E-state index in [2.05, 4.69) is 0 Å². The molecular weight excluding hydrogens is 244 g/mol. The zero-order chi connectivity index (χ0) is 13.2. The Hall–Kier alpha value is -2.62. The van der Waals surface area contributed by atoms with Crippen LogP contribution in [0.4, 0.5) is 0 Å². The Labute approximate surface area is 109 Å². The lowest BCUT2D eigenvalue weighted by Gasteiger charge is -2.06. The SMILES string of the molecule is Oc1ccc2occ(COc3ccccc3O)c2c1. The van der Waals surface area contributed by atoms with Gasteiger partial charge in [0.05, 0.1) is 6.26 Å². The van der Waals surface area contributed by atoms with E-state index in [0.29, 0.717) is 11.3 Å². The van der Waals surface area contributed by atoms with E-state index in [4.69, 9.17) is 9.15 Å². The molecule has 0 saturated heterocycles. The van der Waals surface area contributed by atoms with Gasteiger partial charge in [-0.2, -0.15) is 0 Å². The van der Waals surface area contributed by atoms with E-state index in [0.717, 1.165) is 10.9 Å². The summed E-state index contributed by atoms with van der Waals surface area (Å²) < 4.78 is 10.9. The Bertz CT molecular complexity index is 715. The molecule has 0 aliphatic carbocycles. The Morgan fingerprint density at radius 1 is 1.05 bits per heavy atom. The average molecular weight is 256 g/mol. The summed E-state index contributed by atoms with van der Waals surface area (Å²) in [6, 6.07) is 11.7. The molecule has 0 unspecified atom stereocenters. The van der Waals surface area contributed by atoms with Gasteiger partial charge in [0.15, 0.2) is 11.5 Å². The van der Waals surface area contributed by atoms with Crippen molar-refractivity contribution in [2.75, 3.05) is 0 Å². The van der Waals surface area contributed by atoms with Crippen LogP contribution in [0.1, 0.15) is 5.56 Å². The van der Waals surface area contributed by atoms with Crippen molar-refractivity contribution < 1.29 is 19.4 Å². The summed E-state index contributed by atoms with van der Waals surface area (Å²) in [5.41, 5.74) is 1.50. The van der Waals surface area contributed by atoms with Crippen molar-refractivity contribution in [1.82, 2.24) is 0 Å². The number of hydrogen-bond acceptors (Lipinski definition) is 4. The van der Waals surface area contributed by atoms with E-state index in [1.54, 1.807) is 48.7 Å². The van der Waals surface area contributed by atoms with Gasteiger partial charge in [0.1, 0.15) is 17.9 Å². The molecule has 0 aliphatic heterocycles. The third-order valence-corrected chi connectivity index (χ3v) is 2.89. The van der Waals surface area contributed by atoms with Gasteiger partial charge < -0.3 is 19.4 Å². The molecule has 0 fully saturated rings. The molecule has 0 bridgehead atoms. The minimum atomic E-state index is 0.0955. The van der Waals surface area contributed by atoms with E-state index < -0.39 is 0 Å². The van der Waals surface area contributed by atoms with Gasteiger partial charge in [0, 0.05) is 10.9 Å². The van der Waals surface area contributed by atoms with Crippen LogP contribution in [0, 0.1) is 0 Å². The Morgan fingerprint density at radius 2 is 1.89 bits per heavy atom. The van der Waals surface area contributed by atoms with Crippen molar-refractivity contribution >= 4 is 11.0 Å². The minimum Gasteiger partial charge on any atom is -0.508 e. The van der Waals surface area contributed by atoms with Gasteiger partial charge in [-0.25, -0.2) is 0 Å². The van der Waals surface area contributed by atoms with Crippen LogP contribution < -0.4 is 4.74 Å². The fraction of sp³-hybridized carbons (Fsp3) is 0.0667. The molecule has 0 aliphatic rings. The topological polar surface area (TPSA) is 62.8 Å². The number of furan rings is 1. The lowest BCUT2D eigenvalue weighted by Crippen LogP contribution is -1.94. The van der Waals surface area contributed by atoms with E-state index in [9.17, 15) is 10.2 Å². The molecule has 0 amide bonds. The number of ether oxygens (including phenoxy) is 1. The Morgan fingerprint density at radius 3 is 2.74 bits per heavy atom. The molecule has 2 N–H and O–H groups in total. The summed E-state index contributed by atoms with van der Waals surface area (Å²) >= 11 is 0. The van der Waals surface area contributed by atoms with E-state index in [-0.39, 0.29) is 18.1 Å². The third-order valence-electron chi connectivity index (χ3n) is 2.89. The maximum absolute atomic E-state index is 9.61. The second-order valence-electron chi connectivity index (χ2n) is 4.20. The highest BCUT2D eigenvalue weighted by Crippen LogP contribution is 2.29. The molecule has 19 heavy (non-hydrogen) atoms. The third kappa shape index (κ3) is 2.20. The Kier molecular flexibility index (Phi) is 2.76. The van der Waals surface area contributed by atoms with E-state index >= 15 is 0 Å². The van der Waals surface area contributed by atoms with Crippen LogP contribution in [0.15, 0.2) is 53.1 Å². The first kappa shape index (κ1) is 11.5.